The predicted octanol–water partition coefficient (Wildman–Crippen LogP) is 1.16. The van der Waals surface area contributed by atoms with Crippen molar-refractivity contribution in [3.63, 3.8) is 0 Å². The van der Waals surface area contributed by atoms with Gasteiger partial charge in [0.2, 0.25) is 0 Å². The third kappa shape index (κ3) is 5.30. The number of nitrogens with two attached hydrogens (primary N) is 1. The number of hydrogen-bond donors (Lipinski definition) is 2. The van der Waals surface area contributed by atoms with Crippen LogP contribution in [-0.2, 0) is 11.2 Å². The molecule has 1 atom stereocenters. The van der Waals surface area contributed by atoms with Crippen LogP contribution in [0.1, 0.15) is 30.4 Å². The van der Waals surface area contributed by atoms with Crippen molar-refractivity contribution in [1.29, 1.82) is 0 Å². The SMILES string of the molecule is COCC(C)NC(N)=NCCCc1c(C)noc1C. The van der Waals surface area contributed by atoms with Gasteiger partial charge in [0.1, 0.15) is 5.76 Å². The van der Waals surface area contributed by atoms with Crippen molar-refractivity contribution in [1.82, 2.24) is 10.5 Å². The van der Waals surface area contributed by atoms with Gasteiger partial charge in [0, 0.05) is 25.3 Å². The van der Waals surface area contributed by atoms with Gasteiger partial charge in [0.15, 0.2) is 5.96 Å². The van der Waals surface area contributed by atoms with Gasteiger partial charge in [-0.3, -0.25) is 4.99 Å². The van der Waals surface area contributed by atoms with Gasteiger partial charge in [-0.1, -0.05) is 5.16 Å². The van der Waals surface area contributed by atoms with Crippen LogP contribution in [0.4, 0.5) is 0 Å². The van der Waals surface area contributed by atoms with Crippen LogP contribution in [0.2, 0.25) is 0 Å². The van der Waals surface area contributed by atoms with Crippen LogP contribution in [0.15, 0.2) is 9.52 Å². The average Bonchev–Trinajstić information content (AvgIpc) is 2.65. The van der Waals surface area contributed by atoms with Crippen LogP contribution < -0.4 is 11.1 Å². The van der Waals surface area contributed by atoms with Gasteiger partial charge in [0.25, 0.3) is 0 Å². The predicted molar refractivity (Wildman–Crippen MR) is 75.3 cm³/mol. The molecular formula is C13H24N4O2. The number of aliphatic imine (C=N–C) groups is 1. The number of aromatic nitrogens is 1. The van der Waals surface area contributed by atoms with E-state index in [1.54, 1.807) is 7.11 Å². The van der Waals surface area contributed by atoms with Gasteiger partial charge in [-0.05, 0) is 33.6 Å². The molecule has 0 saturated heterocycles. The molecule has 0 bridgehead atoms. The molecule has 6 nitrogen and oxygen atoms in total. The van der Waals surface area contributed by atoms with Gasteiger partial charge in [0.05, 0.1) is 12.3 Å². The Kier molecular flexibility index (Phi) is 6.35. The van der Waals surface area contributed by atoms with Crippen LogP contribution in [0.5, 0.6) is 0 Å². The Balaban J connectivity index is 2.30. The Bertz CT molecular complexity index is 395. The largest absolute Gasteiger partial charge is 0.383 e. The second kappa shape index (κ2) is 7.78. The molecule has 3 N–H and O–H groups in total. The number of rotatable bonds is 7. The van der Waals surface area contributed by atoms with Crippen molar-refractivity contribution in [2.75, 3.05) is 20.3 Å². The Labute approximate surface area is 114 Å². The highest BCUT2D eigenvalue weighted by Crippen LogP contribution is 2.13. The summed E-state index contributed by atoms with van der Waals surface area (Å²) in [5.74, 6) is 1.35. The monoisotopic (exact) mass is 268 g/mol. The number of ether oxygens (including phenoxy) is 1. The highest BCUT2D eigenvalue weighted by molar-refractivity contribution is 5.78. The zero-order valence-corrected chi connectivity index (χ0v) is 12.2. The summed E-state index contributed by atoms with van der Waals surface area (Å²) in [6, 6.07) is 0.163. The van der Waals surface area contributed by atoms with E-state index in [1.165, 1.54) is 5.56 Å². The minimum Gasteiger partial charge on any atom is -0.383 e. The zero-order chi connectivity index (χ0) is 14.3. The van der Waals surface area contributed by atoms with E-state index >= 15 is 0 Å². The fourth-order valence-corrected chi connectivity index (χ4v) is 1.90. The standard InChI is InChI=1S/C13H24N4O2/c1-9(8-18-4)16-13(14)15-7-5-6-12-10(2)17-19-11(12)3/h9H,5-8H2,1-4H3,(H3,14,15,16). The lowest BCUT2D eigenvalue weighted by atomic mass is 10.1. The Morgan fingerprint density at radius 1 is 1.53 bits per heavy atom. The summed E-state index contributed by atoms with van der Waals surface area (Å²) in [5, 5.41) is 7.00. The van der Waals surface area contributed by atoms with Gasteiger partial charge < -0.3 is 20.3 Å². The van der Waals surface area contributed by atoms with E-state index in [2.05, 4.69) is 15.5 Å². The molecule has 0 saturated carbocycles. The third-order valence-electron chi connectivity index (χ3n) is 2.86. The van der Waals surface area contributed by atoms with Crippen molar-refractivity contribution in [3.05, 3.63) is 17.0 Å². The van der Waals surface area contributed by atoms with Crippen molar-refractivity contribution in [2.45, 2.75) is 39.7 Å². The maximum Gasteiger partial charge on any atom is 0.188 e. The van der Waals surface area contributed by atoms with E-state index in [1.807, 2.05) is 20.8 Å². The van der Waals surface area contributed by atoms with Gasteiger partial charge >= 0.3 is 0 Å². The lowest BCUT2D eigenvalue weighted by Crippen LogP contribution is -2.40. The molecule has 1 unspecified atom stereocenters. The van der Waals surface area contributed by atoms with E-state index < -0.39 is 0 Å². The maximum atomic E-state index is 5.78. The molecule has 0 aliphatic rings. The minimum absolute atomic E-state index is 0.163. The number of nitrogens with zero attached hydrogens (tertiary/aromatic N) is 2. The van der Waals surface area contributed by atoms with Crippen molar-refractivity contribution in [2.24, 2.45) is 10.7 Å². The summed E-state index contributed by atoms with van der Waals surface area (Å²) < 4.78 is 10.1. The van der Waals surface area contributed by atoms with E-state index in [-0.39, 0.29) is 6.04 Å². The fraction of sp³-hybridized carbons (Fsp3) is 0.692. The lowest BCUT2D eigenvalue weighted by Gasteiger charge is -2.12. The summed E-state index contributed by atoms with van der Waals surface area (Å²) in [6.45, 7) is 7.17. The van der Waals surface area contributed by atoms with E-state index in [0.29, 0.717) is 19.1 Å². The number of hydrogen-bond acceptors (Lipinski definition) is 4. The molecule has 0 spiro atoms. The number of aryl methyl sites for hydroxylation is 2. The van der Waals surface area contributed by atoms with Crippen molar-refractivity contribution >= 4 is 5.96 Å². The highest BCUT2D eigenvalue weighted by atomic mass is 16.5. The lowest BCUT2D eigenvalue weighted by molar-refractivity contribution is 0.179. The number of guanidine groups is 1. The quantitative estimate of drug-likeness (QED) is 0.440. The Hall–Kier alpha value is -1.56. The van der Waals surface area contributed by atoms with E-state index in [4.69, 9.17) is 15.0 Å². The van der Waals surface area contributed by atoms with Crippen LogP contribution >= 0.6 is 0 Å². The molecule has 1 aromatic rings. The summed E-state index contributed by atoms with van der Waals surface area (Å²) in [5.41, 5.74) is 7.91. The van der Waals surface area contributed by atoms with Gasteiger partial charge in [-0.15, -0.1) is 0 Å². The van der Waals surface area contributed by atoms with Crippen LogP contribution in [0, 0.1) is 13.8 Å². The third-order valence-corrected chi connectivity index (χ3v) is 2.86. The molecule has 19 heavy (non-hydrogen) atoms. The first kappa shape index (κ1) is 15.5. The zero-order valence-electron chi connectivity index (χ0n) is 12.2. The topological polar surface area (TPSA) is 85.7 Å². The highest BCUT2D eigenvalue weighted by Gasteiger charge is 2.07. The van der Waals surface area contributed by atoms with E-state index in [9.17, 15) is 0 Å². The fourth-order valence-electron chi connectivity index (χ4n) is 1.90. The average molecular weight is 268 g/mol. The summed E-state index contributed by atoms with van der Waals surface area (Å²) in [4.78, 5) is 4.28. The molecular weight excluding hydrogens is 244 g/mol. The molecule has 0 aliphatic carbocycles. The molecule has 1 rings (SSSR count). The molecule has 0 radical (unpaired) electrons. The number of nitrogens with one attached hydrogen (secondary N) is 1. The Morgan fingerprint density at radius 3 is 2.84 bits per heavy atom. The van der Waals surface area contributed by atoms with Crippen LogP contribution in [0.3, 0.4) is 0 Å². The maximum absolute atomic E-state index is 5.78. The minimum atomic E-state index is 0.163. The second-order valence-electron chi connectivity index (χ2n) is 4.67. The second-order valence-corrected chi connectivity index (χ2v) is 4.67. The van der Waals surface area contributed by atoms with Crippen LogP contribution in [-0.4, -0.2) is 37.4 Å². The molecule has 1 aromatic heterocycles. The Morgan fingerprint density at radius 2 is 2.26 bits per heavy atom. The van der Waals surface area contributed by atoms with Crippen LogP contribution in [0.25, 0.3) is 0 Å². The molecule has 0 aliphatic heterocycles. The summed E-state index contributed by atoms with van der Waals surface area (Å²) in [6.07, 6.45) is 1.83. The molecule has 108 valence electrons. The first-order chi connectivity index (χ1) is 9.04. The van der Waals surface area contributed by atoms with Crippen molar-refractivity contribution < 1.29 is 9.26 Å². The first-order valence-electron chi connectivity index (χ1n) is 6.51. The normalized spacial score (nSPS) is 13.6. The molecule has 0 aromatic carbocycles. The van der Waals surface area contributed by atoms with Gasteiger partial charge in [-0.25, -0.2) is 0 Å². The van der Waals surface area contributed by atoms with E-state index in [0.717, 1.165) is 24.3 Å². The summed E-state index contributed by atoms with van der Waals surface area (Å²) in [7, 11) is 1.66. The molecule has 0 fully saturated rings. The molecule has 0 amide bonds. The van der Waals surface area contributed by atoms with Gasteiger partial charge in [-0.2, -0.15) is 0 Å². The smallest absolute Gasteiger partial charge is 0.188 e. The molecule has 1 heterocycles. The summed E-state index contributed by atoms with van der Waals surface area (Å²) >= 11 is 0. The first-order valence-corrected chi connectivity index (χ1v) is 6.51. The van der Waals surface area contributed by atoms with Crippen molar-refractivity contribution in [3.8, 4) is 0 Å². The number of methoxy groups -OCH3 is 1. The molecule has 6 heteroatoms.